The second-order valence-corrected chi connectivity index (χ2v) is 6.67. The number of fused-ring (bicyclic) bond motifs is 1. The fraction of sp³-hybridized carbons (Fsp3) is 0.471. The minimum atomic E-state index is 0.123. The van der Waals surface area contributed by atoms with Crippen molar-refractivity contribution in [3.63, 3.8) is 0 Å². The van der Waals surface area contributed by atoms with Gasteiger partial charge in [-0.25, -0.2) is 0 Å². The van der Waals surface area contributed by atoms with E-state index in [4.69, 9.17) is 0 Å². The van der Waals surface area contributed by atoms with Gasteiger partial charge in [0.15, 0.2) is 0 Å². The second-order valence-electron chi connectivity index (χ2n) is 5.64. The van der Waals surface area contributed by atoms with Crippen molar-refractivity contribution in [2.75, 3.05) is 6.54 Å². The highest BCUT2D eigenvalue weighted by Gasteiger charge is 2.22. The van der Waals surface area contributed by atoms with Crippen molar-refractivity contribution in [2.45, 2.75) is 45.2 Å². The summed E-state index contributed by atoms with van der Waals surface area (Å²) in [6, 6.07) is 8.33. The van der Waals surface area contributed by atoms with Crippen LogP contribution >= 0.6 is 11.3 Å². The van der Waals surface area contributed by atoms with Crippen molar-refractivity contribution in [1.82, 2.24) is 9.88 Å². The lowest BCUT2D eigenvalue weighted by molar-refractivity contribution is 0.444. The maximum Gasteiger partial charge on any atom is 0.251 e. The van der Waals surface area contributed by atoms with E-state index in [1.54, 1.807) is 17.4 Å². The summed E-state index contributed by atoms with van der Waals surface area (Å²) in [5, 5.41) is 5.69. The number of nitrogens with zero attached hydrogens (tertiary/aromatic N) is 1. The first-order valence-corrected chi connectivity index (χ1v) is 8.66. The molecule has 0 spiro atoms. The van der Waals surface area contributed by atoms with Gasteiger partial charge in [-0.1, -0.05) is 19.1 Å². The molecule has 1 aliphatic rings. The molecule has 0 amide bonds. The van der Waals surface area contributed by atoms with Gasteiger partial charge in [0, 0.05) is 22.7 Å². The molecule has 3 rings (SSSR count). The molecule has 4 heteroatoms. The van der Waals surface area contributed by atoms with E-state index in [0.717, 1.165) is 25.8 Å². The van der Waals surface area contributed by atoms with Gasteiger partial charge < -0.3 is 9.88 Å². The summed E-state index contributed by atoms with van der Waals surface area (Å²) in [6.45, 7) is 3.93. The molecule has 0 saturated carbocycles. The highest BCUT2D eigenvalue weighted by molar-refractivity contribution is 7.09. The van der Waals surface area contributed by atoms with Gasteiger partial charge in [-0.2, -0.15) is 0 Å². The monoisotopic (exact) mass is 302 g/mol. The largest absolute Gasteiger partial charge is 0.310 e. The topological polar surface area (TPSA) is 34.0 Å². The van der Waals surface area contributed by atoms with Crippen LogP contribution in [-0.2, 0) is 13.0 Å². The molecule has 2 aromatic heterocycles. The summed E-state index contributed by atoms with van der Waals surface area (Å²) in [5.41, 5.74) is 2.68. The lowest BCUT2D eigenvalue weighted by Gasteiger charge is -2.28. The van der Waals surface area contributed by atoms with E-state index in [0.29, 0.717) is 12.6 Å². The van der Waals surface area contributed by atoms with Crippen molar-refractivity contribution >= 4 is 11.3 Å². The summed E-state index contributed by atoms with van der Waals surface area (Å²) in [6.07, 6.45) is 4.48. The summed E-state index contributed by atoms with van der Waals surface area (Å²) >= 11 is 1.72. The van der Waals surface area contributed by atoms with Crippen LogP contribution in [0.1, 0.15) is 48.4 Å². The Kier molecular flexibility index (Phi) is 4.56. The maximum absolute atomic E-state index is 12.3. The summed E-state index contributed by atoms with van der Waals surface area (Å²) in [4.78, 5) is 13.5. The maximum atomic E-state index is 12.3. The van der Waals surface area contributed by atoms with E-state index in [2.05, 4.69) is 23.7 Å². The van der Waals surface area contributed by atoms with E-state index >= 15 is 0 Å². The minimum Gasteiger partial charge on any atom is -0.310 e. The number of aromatic nitrogens is 1. The van der Waals surface area contributed by atoms with Crippen molar-refractivity contribution in [1.29, 1.82) is 0 Å². The van der Waals surface area contributed by atoms with Crippen molar-refractivity contribution < 1.29 is 0 Å². The van der Waals surface area contributed by atoms with Gasteiger partial charge in [0.25, 0.3) is 5.56 Å². The molecule has 21 heavy (non-hydrogen) atoms. The van der Waals surface area contributed by atoms with Gasteiger partial charge >= 0.3 is 0 Å². The highest BCUT2D eigenvalue weighted by atomic mass is 32.1. The van der Waals surface area contributed by atoms with E-state index < -0.39 is 0 Å². The third-order valence-corrected chi connectivity index (χ3v) is 5.01. The van der Waals surface area contributed by atoms with Crippen LogP contribution in [0.25, 0.3) is 0 Å². The molecule has 0 saturated heterocycles. The number of pyridine rings is 1. The van der Waals surface area contributed by atoms with E-state index in [1.807, 2.05) is 16.7 Å². The van der Waals surface area contributed by atoms with Crippen LogP contribution in [0.4, 0.5) is 0 Å². The Hall–Kier alpha value is -1.39. The Morgan fingerprint density at radius 2 is 2.29 bits per heavy atom. The van der Waals surface area contributed by atoms with E-state index in [-0.39, 0.29) is 5.56 Å². The van der Waals surface area contributed by atoms with Gasteiger partial charge in [0.2, 0.25) is 0 Å². The van der Waals surface area contributed by atoms with Crippen molar-refractivity contribution in [3.8, 4) is 0 Å². The average molecular weight is 302 g/mol. The Balaban J connectivity index is 1.95. The van der Waals surface area contributed by atoms with Gasteiger partial charge in [-0.15, -0.1) is 11.3 Å². The molecule has 3 nitrogen and oxygen atoms in total. The third kappa shape index (κ3) is 3.11. The average Bonchev–Trinajstić information content (AvgIpc) is 3.01. The molecule has 0 bridgehead atoms. The molecular formula is C17H22N2OS. The van der Waals surface area contributed by atoms with Crippen molar-refractivity contribution in [3.05, 3.63) is 56.1 Å². The molecule has 1 N–H and O–H groups in total. The standard InChI is InChI=1S/C17H22N2OS/c1-2-10-18-15-6-3-7-16-14(15)8-9-17(20)19(16)12-13-5-4-11-21-13/h4-5,8-9,11,15,18H,2-3,6-7,10,12H2,1H3. The van der Waals surface area contributed by atoms with Crippen LogP contribution in [-0.4, -0.2) is 11.1 Å². The van der Waals surface area contributed by atoms with Crippen LogP contribution in [0.5, 0.6) is 0 Å². The van der Waals surface area contributed by atoms with Crippen LogP contribution in [0.3, 0.4) is 0 Å². The smallest absolute Gasteiger partial charge is 0.251 e. The SMILES string of the molecule is CCCNC1CCCc2c1ccc(=O)n2Cc1cccs1. The number of hydrogen-bond donors (Lipinski definition) is 1. The first kappa shape index (κ1) is 14.5. The molecule has 112 valence electrons. The van der Waals surface area contributed by atoms with Gasteiger partial charge in [-0.3, -0.25) is 4.79 Å². The fourth-order valence-electron chi connectivity index (χ4n) is 3.12. The molecule has 1 atom stereocenters. The molecule has 0 fully saturated rings. The van der Waals surface area contributed by atoms with Crippen LogP contribution < -0.4 is 10.9 Å². The van der Waals surface area contributed by atoms with Gasteiger partial charge in [0.1, 0.15) is 0 Å². The third-order valence-electron chi connectivity index (χ3n) is 4.15. The van der Waals surface area contributed by atoms with Gasteiger partial charge in [-0.05, 0) is 49.2 Å². The zero-order valence-corrected chi connectivity index (χ0v) is 13.3. The Bertz CT molecular complexity index is 645. The number of thiophene rings is 1. The van der Waals surface area contributed by atoms with Gasteiger partial charge in [0.05, 0.1) is 6.54 Å². The molecule has 0 radical (unpaired) electrons. The predicted molar refractivity (Wildman–Crippen MR) is 88.1 cm³/mol. The molecule has 0 aliphatic heterocycles. The number of hydrogen-bond acceptors (Lipinski definition) is 3. The minimum absolute atomic E-state index is 0.123. The molecule has 1 unspecified atom stereocenters. The predicted octanol–water partition coefficient (Wildman–Crippen LogP) is 3.34. The normalized spacial score (nSPS) is 17.7. The molecule has 0 aromatic carbocycles. The van der Waals surface area contributed by atoms with E-state index in [1.165, 1.54) is 22.6 Å². The quantitative estimate of drug-likeness (QED) is 0.919. The molecule has 2 heterocycles. The van der Waals surface area contributed by atoms with Crippen molar-refractivity contribution in [2.24, 2.45) is 0 Å². The summed E-state index contributed by atoms with van der Waals surface area (Å²) in [7, 11) is 0. The Morgan fingerprint density at radius 1 is 1.38 bits per heavy atom. The lowest BCUT2D eigenvalue weighted by Crippen LogP contribution is -2.32. The van der Waals surface area contributed by atoms with Crippen LogP contribution in [0.2, 0.25) is 0 Å². The molecular weight excluding hydrogens is 280 g/mol. The number of rotatable bonds is 5. The Morgan fingerprint density at radius 3 is 3.05 bits per heavy atom. The Labute approximate surface area is 129 Å². The zero-order chi connectivity index (χ0) is 14.7. The first-order chi connectivity index (χ1) is 10.3. The highest BCUT2D eigenvalue weighted by Crippen LogP contribution is 2.29. The number of nitrogens with one attached hydrogen (secondary N) is 1. The van der Waals surface area contributed by atoms with Crippen LogP contribution in [0.15, 0.2) is 34.4 Å². The summed E-state index contributed by atoms with van der Waals surface area (Å²) < 4.78 is 1.97. The lowest BCUT2D eigenvalue weighted by atomic mass is 9.90. The second kappa shape index (κ2) is 6.58. The van der Waals surface area contributed by atoms with Crippen LogP contribution in [0, 0.1) is 0 Å². The fourth-order valence-corrected chi connectivity index (χ4v) is 3.82. The first-order valence-electron chi connectivity index (χ1n) is 7.78. The summed E-state index contributed by atoms with van der Waals surface area (Å²) in [5.74, 6) is 0. The molecule has 2 aromatic rings. The zero-order valence-electron chi connectivity index (χ0n) is 12.5. The molecule has 1 aliphatic carbocycles. The van der Waals surface area contributed by atoms with E-state index in [9.17, 15) is 4.79 Å².